The minimum Gasteiger partial charge on any atom is -0.353 e. The third-order valence-electron chi connectivity index (χ3n) is 6.91. The molecule has 0 N–H and O–H groups in total. The number of benzene rings is 3. The Balaban J connectivity index is 1.26. The summed E-state index contributed by atoms with van der Waals surface area (Å²) in [6, 6.07) is 26.6. The van der Waals surface area contributed by atoms with Gasteiger partial charge in [0, 0.05) is 38.3 Å². The van der Waals surface area contributed by atoms with Crippen LogP contribution in [0.1, 0.15) is 22.3 Å². The lowest BCUT2D eigenvalue weighted by Crippen LogP contribution is -2.44. The van der Waals surface area contributed by atoms with Gasteiger partial charge in [-0.15, -0.1) is 10.2 Å². The number of halogens is 2. The van der Waals surface area contributed by atoms with Gasteiger partial charge in [-0.1, -0.05) is 72.3 Å². The smallest absolute Gasteiger partial charge is 0.257 e. The van der Waals surface area contributed by atoms with Crippen molar-refractivity contribution in [3.63, 3.8) is 0 Å². The number of aromatic nitrogens is 2. The topological polar surface area (TPSA) is 69.6 Å². The van der Waals surface area contributed by atoms with E-state index >= 15 is 0 Å². The predicted octanol–water partition coefficient (Wildman–Crippen LogP) is 5.32. The van der Waals surface area contributed by atoms with E-state index in [2.05, 4.69) is 15.1 Å². The number of anilines is 1. The summed E-state index contributed by atoms with van der Waals surface area (Å²) in [7, 11) is 0. The molecule has 2 amide bonds. The summed E-state index contributed by atoms with van der Waals surface area (Å²) >= 11 is 6.30. The number of rotatable bonds is 7. The van der Waals surface area contributed by atoms with E-state index in [0.29, 0.717) is 36.9 Å². The predicted molar refractivity (Wildman–Crippen MR) is 153 cm³/mol. The van der Waals surface area contributed by atoms with Gasteiger partial charge < -0.3 is 14.7 Å². The summed E-state index contributed by atoms with van der Waals surface area (Å²) in [5.74, 6) is -0.570. The first kappa shape index (κ1) is 27.3. The number of hydrogen-bond donors (Lipinski definition) is 0. The molecular formula is C31H29ClFN5O2. The van der Waals surface area contributed by atoms with Crippen LogP contribution in [0.25, 0.3) is 11.3 Å². The molecule has 40 heavy (non-hydrogen) atoms. The summed E-state index contributed by atoms with van der Waals surface area (Å²) in [5, 5.41) is 9.40. The standard InChI is InChI=1S/C31H29ClFN5O2/c32-26-13-6-4-11-24(26)28-15-16-29(35-34-28)36-17-8-18-37(20-19-36)30(39)22-38(21-23-9-2-1-3-10-23)31(40)25-12-5-7-14-27(25)33/h1-7,9-16H,8,17-22H2. The minimum absolute atomic E-state index is 0.0490. The molecular weight excluding hydrogens is 529 g/mol. The van der Waals surface area contributed by atoms with Crippen LogP contribution in [0.2, 0.25) is 5.02 Å². The molecule has 0 unspecified atom stereocenters. The normalized spacial score (nSPS) is 13.6. The molecule has 0 saturated carbocycles. The Morgan fingerprint density at radius 3 is 2.33 bits per heavy atom. The van der Waals surface area contributed by atoms with Crippen molar-refractivity contribution >= 4 is 29.2 Å². The summed E-state index contributed by atoms with van der Waals surface area (Å²) in [4.78, 5) is 32.0. The fourth-order valence-electron chi connectivity index (χ4n) is 4.77. The molecule has 2 heterocycles. The SMILES string of the molecule is O=C(CN(Cc1ccccc1)C(=O)c1ccccc1F)N1CCCN(c2ccc(-c3ccccc3Cl)nn2)CC1. The van der Waals surface area contributed by atoms with Gasteiger partial charge in [0.1, 0.15) is 12.4 Å². The van der Waals surface area contributed by atoms with Crippen LogP contribution in [-0.2, 0) is 11.3 Å². The van der Waals surface area contributed by atoms with Crippen LogP contribution < -0.4 is 4.90 Å². The van der Waals surface area contributed by atoms with E-state index in [-0.39, 0.29) is 24.6 Å². The second-order valence-electron chi connectivity index (χ2n) is 9.60. The molecule has 0 bridgehead atoms. The zero-order chi connectivity index (χ0) is 27.9. The molecule has 1 aliphatic heterocycles. The number of carbonyl (C=O) groups excluding carboxylic acids is 2. The molecule has 1 aliphatic rings. The first-order chi connectivity index (χ1) is 19.5. The molecule has 1 saturated heterocycles. The highest BCUT2D eigenvalue weighted by Gasteiger charge is 2.26. The maximum atomic E-state index is 14.5. The second-order valence-corrected chi connectivity index (χ2v) is 10.0. The van der Waals surface area contributed by atoms with Gasteiger partial charge in [-0.3, -0.25) is 9.59 Å². The third-order valence-corrected chi connectivity index (χ3v) is 7.24. The van der Waals surface area contributed by atoms with E-state index in [1.54, 1.807) is 11.0 Å². The van der Waals surface area contributed by atoms with Gasteiger partial charge in [-0.2, -0.15) is 0 Å². The van der Waals surface area contributed by atoms with Gasteiger partial charge >= 0.3 is 0 Å². The third kappa shape index (κ3) is 6.46. The van der Waals surface area contributed by atoms with Gasteiger partial charge in [0.2, 0.25) is 5.91 Å². The Hall–Kier alpha value is -4.30. The quantitative estimate of drug-likeness (QED) is 0.308. The monoisotopic (exact) mass is 557 g/mol. The molecule has 5 rings (SSSR count). The molecule has 0 atom stereocenters. The molecule has 9 heteroatoms. The molecule has 0 radical (unpaired) electrons. The molecule has 0 spiro atoms. The van der Waals surface area contributed by atoms with Crippen molar-refractivity contribution in [3.05, 3.63) is 113 Å². The lowest BCUT2D eigenvalue weighted by Gasteiger charge is -2.27. The highest BCUT2D eigenvalue weighted by atomic mass is 35.5. The van der Waals surface area contributed by atoms with Gasteiger partial charge in [-0.25, -0.2) is 4.39 Å². The minimum atomic E-state index is -0.606. The molecule has 204 valence electrons. The van der Waals surface area contributed by atoms with Crippen molar-refractivity contribution in [2.24, 2.45) is 0 Å². The van der Waals surface area contributed by atoms with Crippen LogP contribution in [-0.4, -0.2) is 64.5 Å². The average molecular weight is 558 g/mol. The lowest BCUT2D eigenvalue weighted by molar-refractivity contribution is -0.131. The maximum absolute atomic E-state index is 14.5. The van der Waals surface area contributed by atoms with Crippen molar-refractivity contribution in [1.29, 1.82) is 0 Å². The second kappa shape index (κ2) is 12.7. The highest BCUT2D eigenvalue weighted by Crippen LogP contribution is 2.26. The first-order valence-electron chi connectivity index (χ1n) is 13.2. The fourth-order valence-corrected chi connectivity index (χ4v) is 5.01. The van der Waals surface area contributed by atoms with Crippen molar-refractivity contribution in [2.45, 2.75) is 13.0 Å². The van der Waals surface area contributed by atoms with Crippen molar-refractivity contribution in [2.75, 3.05) is 37.6 Å². The van der Waals surface area contributed by atoms with E-state index < -0.39 is 11.7 Å². The zero-order valence-corrected chi connectivity index (χ0v) is 22.7. The molecule has 4 aromatic rings. The largest absolute Gasteiger partial charge is 0.353 e. The van der Waals surface area contributed by atoms with Crippen molar-refractivity contribution < 1.29 is 14.0 Å². The van der Waals surface area contributed by atoms with Crippen molar-refractivity contribution in [1.82, 2.24) is 20.0 Å². The Labute approximate surface area is 237 Å². The van der Waals surface area contributed by atoms with E-state index in [9.17, 15) is 14.0 Å². The fraction of sp³-hybridized carbons (Fsp3) is 0.226. The van der Waals surface area contributed by atoms with Gasteiger partial charge in [0.15, 0.2) is 5.82 Å². The number of nitrogens with zero attached hydrogens (tertiary/aromatic N) is 5. The van der Waals surface area contributed by atoms with Gasteiger partial charge in [0.25, 0.3) is 5.91 Å². The zero-order valence-electron chi connectivity index (χ0n) is 21.9. The molecule has 3 aromatic carbocycles. The Morgan fingerprint density at radius 1 is 0.825 bits per heavy atom. The highest BCUT2D eigenvalue weighted by molar-refractivity contribution is 6.33. The van der Waals surface area contributed by atoms with E-state index in [1.807, 2.05) is 66.7 Å². The number of amides is 2. The lowest BCUT2D eigenvalue weighted by atomic mass is 10.1. The maximum Gasteiger partial charge on any atom is 0.257 e. The molecule has 1 aromatic heterocycles. The molecule has 7 nitrogen and oxygen atoms in total. The first-order valence-corrected chi connectivity index (χ1v) is 13.6. The van der Waals surface area contributed by atoms with Crippen molar-refractivity contribution in [3.8, 4) is 11.3 Å². The van der Waals surface area contributed by atoms with Crippen LogP contribution >= 0.6 is 11.6 Å². The Morgan fingerprint density at radius 2 is 1.57 bits per heavy atom. The molecule has 0 aliphatic carbocycles. The number of hydrogen-bond acceptors (Lipinski definition) is 5. The summed E-state index contributed by atoms with van der Waals surface area (Å²) in [6.07, 6.45) is 0.736. The molecule has 1 fully saturated rings. The Kier molecular flexibility index (Phi) is 8.66. The van der Waals surface area contributed by atoms with Gasteiger partial charge in [0.05, 0.1) is 16.3 Å². The van der Waals surface area contributed by atoms with Crippen LogP contribution in [0.3, 0.4) is 0 Å². The van der Waals surface area contributed by atoms with Crippen LogP contribution in [0, 0.1) is 5.82 Å². The summed E-state index contributed by atoms with van der Waals surface area (Å²) < 4.78 is 14.5. The van der Waals surface area contributed by atoms with Crippen LogP contribution in [0.15, 0.2) is 91.0 Å². The summed E-state index contributed by atoms with van der Waals surface area (Å²) in [6.45, 7) is 2.37. The van der Waals surface area contributed by atoms with E-state index in [4.69, 9.17) is 11.6 Å². The Bertz CT molecular complexity index is 1470. The van der Waals surface area contributed by atoms with E-state index in [1.165, 1.54) is 23.1 Å². The number of carbonyl (C=O) groups is 2. The van der Waals surface area contributed by atoms with Crippen LogP contribution in [0.4, 0.5) is 10.2 Å². The summed E-state index contributed by atoms with van der Waals surface area (Å²) in [5.41, 5.74) is 2.33. The van der Waals surface area contributed by atoms with Gasteiger partial charge in [-0.05, 0) is 42.3 Å². The average Bonchev–Trinajstić information content (AvgIpc) is 3.24. The van der Waals surface area contributed by atoms with E-state index in [0.717, 1.165) is 23.4 Å². The van der Waals surface area contributed by atoms with Crippen LogP contribution in [0.5, 0.6) is 0 Å².